The van der Waals surface area contributed by atoms with Crippen molar-refractivity contribution in [1.82, 2.24) is 14.3 Å². The molecule has 0 aliphatic heterocycles. The van der Waals surface area contributed by atoms with Crippen molar-refractivity contribution >= 4 is 33.8 Å². The molecule has 0 fully saturated rings. The quantitative estimate of drug-likeness (QED) is 0.691. The lowest BCUT2D eigenvalue weighted by molar-refractivity contribution is -0.133. The normalized spacial score (nSPS) is 10.7. The van der Waals surface area contributed by atoms with Gasteiger partial charge in [-0.25, -0.2) is 4.98 Å². The van der Waals surface area contributed by atoms with Crippen molar-refractivity contribution in [1.29, 1.82) is 0 Å². The van der Waals surface area contributed by atoms with Crippen LogP contribution in [0.15, 0.2) is 42.0 Å². The Balaban J connectivity index is 1.59. The van der Waals surface area contributed by atoms with Gasteiger partial charge in [-0.15, -0.1) is 11.3 Å². The molecule has 26 heavy (non-hydrogen) atoms. The predicted molar refractivity (Wildman–Crippen MR) is 101 cm³/mol. The van der Waals surface area contributed by atoms with Crippen molar-refractivity contribution in [3.63, 3.8) is 0 Å². The molecule has 7 nitrogen and oxygen atoms in total. The number of benzene rings is 1. The van der Waals surface area contributed by atoms with Crippen LogP contribution in [0.25, 0.3) is 4.96 Å². The van der Waals surface area contributed by atoms with Crippen LogP contribution in [0.1, 0.15) is 12.6 Å². The number of rotatable bonds is 7. The van der Waals surface area contributed by atoms with Gasteiger partial charge in [0.25, 0.3) is 0 Å². The van der Waals surface area contributed by atoms with E-state index in [1.165, 1.54) is 16.2 Å². The highest BCUT2D eigenvalue weighted by Crippen LogP contribution is 2.17. The van der Waals surface area contributed by atoms with Crippen LogP contribution < -0.4 is 10.1 Å². The number of aromatic nitrogens is 2. The number of thiazole rings is 1. The zero-order valence-electron chi connectivity index (χ0n) is 14.6. The summed E-state index contributed by atoms with van der Waals surface area (Å²) in [6, 6.07) is 7.10. The lowest BCUT2D eigenvalue weighted by Crippen LogP contribution is -2.38. The maximum absolute atomic E-state index is 12.5. The van der Waals surface area contributed by atoms with E-state index < -0.39 is 0 Å². The summed E-state index contributed by atoms with van der Waals surface area (Å²) in [6.07, 6.45) is 3.92. The average Bonchev–Trinajstić information content (AvgIpc) is 3.21. The smallest absolute Gasteiger partial charge is 0.243 e. The third kappa shape index (κ3) is 4.20. The fourth-order valence-electron chi connectivity index (χ4n) is 2.58. The monoisotopic (exact) mass is 372 g/mol. The molecule has 0 atom stereocenters. The highest BCUT2D eigenvalue weighted by Gasteiger charge is 2.17. The average molecular weight is 372 g/mol. The van der Waals surface area contributed by atoms with Crippen LogP contribution in [0, 0.1) is 0 Å². The Labute approximate surface area is 155 Å². The summed E-state index contributed by atoms with van der Waals surface area (Å²) in [7, 11) is 1.57. The molecule has 1 aromatic carbocycles. The molecule has 0 radical (unpaired) electrons. The molecule has 0 aliphatic carbocycles. The second-order valence-electron chi connectivity index (χ2n) is 5.69. The summed E-state index contributed by atoms with van der Waals surface area (Å²) in [5.41, 5.74) is 1.33. The SMILES string of the molecule is CCN(CC(=O)Nc1cccc(OC)c1)C(=O)Cc1cn2ccsc2n1. The number of hydrogen-bond donors (Lipinski definition) is 1. The van der Waals surface area contributed by atoms with E-state index >= 15 is 0 Å². The number of likely N-dealkylation sites (N-methyl/N-ethyl adjacent to an activating group) is 1. The molecular weight excluding hydrogens is 352 g/mol. The highest BCUT2D eigenvalue weighted by molar-refractivity contribution is 7.15. The first kappa shape index (κ1) is 17.9. The van der Waals surface area contributed by atoms with Gasteiger partial charge < -0.3 is 15.0 Å². The molecule has 2 amide bonds. The van der Waals surface area contributed by atoms with Gasteiger partial charge in [0, 0.05) is 36.1 Å². The van der Waals surface area contributed by atoms with Gasteiger partial charge in [-0.2, -0.15) is 0 Å². The van der Waals surface area contributed by atoms with E-state index in [1.807, 2.05) is 29.1 Å². The van der Waals surface area contributed by atoms with Crippen LogP contribution in [-0.2, 0) is 16.0 Å². The fraction of sp³-hybridized carbons (Fsp3) is 0.278. The Morgan fingerprint density at radius 3 is 2.96 bits per heavy atom. The molecule has 0 saturated heterocycles. The Hall–Kier alpha value is -2.87. The molecule has 0 unspecified atom stereocenters. The van der Waals surface area contributed by atoms with E-state index in [1.54, 1.807) is 31.4 Å². The number of amides is 2. The van der Waals surface area contributed by atoms with Crippen molar-refractivity contribution in [2.24, 2.45) is 0 Å². The number of nitrogens with zero attached hydrogens (tertiary/aromatic N) is 3. The van der Waals surface area contributed by atoms with Gasteiger partial charge in [-0.05, 0) is 19.1 Å². The van der Waals surface area contributed by atoms with Gasteiger partial charge in [-0.1, -0.05) is 6.07 Å². The summed E-state index contributed by atoms with van der Waals surface area (Å²) in [6.45, 7) is 2.30. The minimum atomic E-state index is -0.251. The minimum absolute atomic E-state index is 0.00520. The maximum Gasteiger partial charge on any atom is 0.243 e. The Morgan fingerprint density at radius 1 is 1.38 bits per heavy atom. The molecule has 0 spiro atoms. The summed E-state index contributed by atoms with van der Waals surface area (Å²) in [4.78, 5) is 31.6. The van der Waals surface area contributed by atoms with E-state index in [0.29, 0.717) is 23.7 Å². The van der Waals surface area contributed by atoms with Crippen molar-refractivity contribution in [3.8, 4) is 5.75 Å². The zero-order valence-corrected chi connectivity index (χ0v) is 15.5. The Kier molecular flexibility index (Phi) is 5.52. The number of carbonyl (C=O) groups excluding carboxylic acids is 2. The molecule has 136 valence electrons. The first-order valence-electron chi connectivity index (χ1n) is 8.21. The van der Waals surface area contributed by atoms with Gasteiger partial charge in [0.15, 0.2) is 4.96 Å². The second-order valence-corrected chi connectivity index (χ2v) is 6.56. The molecule has 0 bridgehead atoms. The van der Waals surface area contributed by atoms with E-state index in [9.17, 15) is 9.59 Å². The lowest BCUT2D eigenvalue weighted by atomic mass is 10.2. The van der Waals surface area contributed by atoms with Crippen LogP contribution in [0.4, 0.5) is 5.69 Å². The number of hydrogen-bond acceptors (Lipinski definition) is 5. The number of carbonyl (C=O) groups is 2. The van der Waals surface area contributed by atoms with Crippen LogP contribution in [0.5, 0.6) is 5.75 Å². The van der Waals surface area contributed by atoms with E-state index in [-0.39, 0.29) is 24.8 Å². The maximum atomic E-state index is 12.5. The topological polar surface area (TPSA) is 75.9 Å². The van der Waals surface area contributed by atoms with Gasteiger partial charge in [0.1, 0.15) is 5.75 Å². The van der Waals surface area contributed by atoms with Crippen LogP contribution in [0.3, 0.4) is 0 Å². The fourth-order valence-corrected chi connectivity index (χ4v) is 3.30. The third-order valence-electron chi connectivity index (χ3n) is 3.90. The summed E-state index contributed by atoms with van der Waals surface area (Å²) < 4.78 is 7.03. The predicted octanol–water partition coefficient (Wildman–Crippen LogP) is 2.43. The Morgan fingerprint density at radius 2 is 2.23 bits per heavy atom. The summed E-state index contributed by atoms with van der Waals surface area (Å²) in [5.74, 6) is 0.282. The number of methoxy groups -OCH3 is 1. The standard InChI is InChI=1S/C18H20N4O3S/c1-3-21(12-16(23)19-13-5-4-6-15(9-13)25-2)17(24)10-14-11-22-7-8-26-18(22)20-14/h4-9,11H,3,10,12H2,1-2H3,(H,19,23). The van der Waals surface area contributed by atoms with Gasteiger partial charge in [-0.3, -0.25) is 14.0 Å². The van der Waals surface area contributed by atoms with Gasteiger partial charge >= 0.3 is 0 Å². The third-order valence-corrected chi connectivity index (χ3v) is 4.67. The zero-order chi connectivity index (χ0) is 18.5. The van der Waals surface area contributed by atoms with Crippen LogP contribution in [-0.4, -0.2) is 46.3 Å². The first-order valence-corrected chi connectivity index (χ1v) is 9.09. The molecular formula is C18H20N4O3S. The van der Waals surface area contributed by atoms with Gasteiger partial charge in [0.05, 0.1) is 25.8 Å². The number of nitrogens with one attached hydrogen (secondary N) is 1. The largest absolute Gasteiger partial charge is 0.497 e. The van der Waals surface area contributed by atoms with Crippen molar-refractivity contribution in [3.05, 3.63) is 47.7 Å². The van der Waals surface area contributed by atoms with Crippen molar-refractivity contribution < 1.29 is 14.3 Å². The molecule has 3 aromatic rings. The van der Waals surface area contributed by atoms with Crippen molar-refractivity contribution in [2.45, 2.75) is 13.3 Å². The number of ether oxygens (including phenoxy) is 1. The van der Waals surface area contributed by atoms with Gasteiger partial charge in [0.2, 0.25) is 11.8 Å². The number of fused-ring (bicyclic) bond motifs is 1. The molecule has 2 heterocycles. The molecule has 0 saturated carbocycles. The van der Waals surface area contributed by atoms with Crippen LogP contribution >= 0.6 is 11.3 Å². The molecule has 2 aromatic heterocycles. The van der Waals surface area contributed by atoms with E-state index in [2.05, 4.69) is 10.3 Å². The molecule has 1 N–H and O–H groups in total. The second kappa shape index (κ2) is 8.01. The first-order chi connectivity index (χ1) is 12.6. The number of anilines is 1. The van der Waals surface area contributed by atoms with Crippen LogP contribution in [0.2, 0.25) is 0 Å². The van der Waals surface area contributed by atoms with Crippen molar-refractivity contribution in [2.75, 3.05) is 25.5 Å². The molecule has 8 heteroatoms. The molecule has 0 aliphatic rings. The summed E-state index contributed by atoms with van der Waals surface area (Å²) >= 11 is 1.52. The number of imidazole rings is 1. The lowest BCUT2D eigenvalue weighted by Gasteiger charge is -2.20. The Bertz CT molecular complexity index is 889. The van der Waals surface area contributed by atoms with E-state index in [0.717, 1.165) is 4.96 Å². The minimum Gasteiger partial charge on any atom is -0.497 e. The highest BCUT2D eigenvalue weighted by atomic mass is 32.1. The van der Waals surface area contributed by atoms with E-state index in [4.69, 9.17) is 4.74 Å². The molecule has 3 rings (SSSR count). The summed E-state index contributed by atoms with van der Waals surface area (Å²) in [5, 5.41) is 4.73.